The maximum atomic E-state index is 13.6. The van der Waals surface area contributed by atoms with Crippen LogP contribution >= 0.6 is 0 Å². The number of hydrogen-bond acceptors (Lipinski definition) is 4. The number of aromatic nitrogens is 4. The molecular formula is C15H13FN4O. The average molecular weight is 284 g/mol. The van der Waals surface area contributed by atoms with E-state index >= 15 is 0 Å². The summed E-state index contributed by atoms with van der Waals surface area (Å²) in [5.74, 6) is 0.949. The van der Waals surface area contributed by atoms with Gasteiger partial charge in [-0.05, 0) is 31.0 Å². The van der Waals surface area contributed by atoms with Gasteiger partial charge in [0, 0.05) is 12.2 Å². The third kappa shape index (κ3) is 1.94. The average Bonchev–Trinajstić information content (AvgIpc) is 3.28. The molecule has 1 aliphatic rings. The molecule has 3 aromatic rings. The van der Waals surface area contributed by atoms with E-state index < -0.39 is 0 Å². The first kappa shape index (κ1) is 12.3. The second kappa shape index (κ2) is 4.51. The van der Waals surface area contributed by atoms with Crippen LogP contribution in [-0.2, 0) is 0 Å². The fourth-order valence-electron chi connectivity index (χ4n) is 2.59. The molecule has 6 heteroatoms. The third-order valence-electron chi connectivity index (χ3n) is 3.67. The summed E-state index contributed by atoms with van der Waals surface area (Å²) < 4.78 is 20.9. The van der Waals surface area contributed by atoms with Crippen molar-refractivity contribution in [3.63, 3.8) is 0 Å². The fraction of sp³-hybridized carbons (Fsp3) is 0.267. The molecule has 1 aliphatic carbocycles. The number of hydrogen-bond donors (Lipinski definition) is 0. The second-order valence-corrected chi connectivity index (χ2v) is 5.12. The molecule has 0 saturated heterocycles. The molecule has 1 fully saturated rings. The predicted octanol–water partition coefficient (Wildman–Crippen LogP) is 2.98. The van der Waals surface area contributed by atoms with Crippen molar-refractivity contribution in [2.45, 2.75) is 18.9 Å². The Kier molecular flexibility index (Phi) is 2.63. The van der Waals surface area contributed by atoms with E-state index in [-0.39, 0.29) is 5.82 Å². The van der Waals surface area contributed by atoms with E-state index in [0.29, 0.717) is 11.9 Å². The maximum Gasteiger partial charge on any atom is 0.227 e. The minimum Gasteiger partial charge on any atom is -0.480 e. The Hall–Kier alpha value is -2.50. The van der Waals surface area contributed by atoms with Crippen molar-refractivity contribution >= 4 is 11.0 Å². The molecule has 1 saturated carbocycles. The van der Waals surface area contributed by atoms with Crippen molar-refractivity contribution in [1.29, 1.82) is 0 Å². The first-order valence-corrected chi connectivity index (χ1v) is 6.80. The molecule has 5 nitrogen and oxygen atoms in total. The van der Waals surface area contributed by atoms with Crippen LogP contribution < -0.4 is 4.74 Å². The second-order valence-electron chi connectivity index (χ2n) is 5.12. The van der Waals surface area contributed by atoms with Gasteiger partial charge >= 0.3 is 0 Å². The van der Waals surface area contributed by atoms with Gasteiger partial charge in [0.25, 0.3) is 0 Å². The monoisotopic (exact) mass is 284 g/mol. The number of fused-ring (bicyclic) bond motifs is 1. The Morgan fingerprint density at radius 3 is 2.95 bits per heavy atom. The van der Waals surface area contributed by atoms with E-state index in [1.54, 1.807) is 19.4 Å². The Balaban J connectivity index is 2.02. The summed E-state index contributed by atoms with van der Waals surface area (Å²) in [6.07, 6.45) is 5.27. The Morgan fingerprint density at radius 1 is 1.33 bits per heavy atom. The van der Waals surface area contributed by atoms with Crippen molar-refractivity contribution in [2.75, 3.05) is 7.11 Å². The molecule has 2 heterocycles. The SMILES string of the molecule is COc1ncncc1-c1nc2ccc(F)cc2n1C1CC1. The van der Waals surface area contributed by atoms with Crippen LogP contribution in [0.25, 0.3) is 22.4 Å². The number of methoxy groups -OCH3 is 1. The van der Waals surface area contributed by atoms with Crippen LogP contribution in [0.15, 0.2) is 30.7 Å². The zero-order valence-corrected chi connectivity index (χ0v) is 11.5. The number of rotatable bonds is 3. The predicted molar refractivity (Wildman–Crippen MR) is 75.5 cm³/mol. The summed E-state index contributed by atoms with van der Waals surface area (Å²) in [5.41, 5.74) is 2.30. The summed E-state index contributed by atoms with van der Waals surface area (Å²) >= 11 is 0. The highest BCUT2D eigenvalue weighted by molar-refractivity contribution is 5.82. The zero-order chi connectivity index (χ0) is 14.4. The highest BCUT2D eigenvalue weighted by Crippen LogP contribution is 2.42. The number of imidazole rings is 1. The van der Waals surface area contributed by atoms with Gasteiger partial charge in [-0.15, -0.1) is 0 Å². The Bertz CT molecular complexity index is 826. The Morgan fingerprint density at radius 2 is 2.19 bits per heavy atom. The molecule has 0 spiro atoms. The first-order valence-electron chi connectivity index (χ1n) is 6.80. The van der Waals surface area contributed by atoms with Gasteiger partial charge in [0.2, 0.25) is 5.88 Å². The van der Waals surface area contributed by atoms with Crippen LogP contribution in [0, 0.1) is 5.82 Å². The van der Waals surface area contributed by atoms with Crippen molar-refractivity contribution in [3.8, 4) is 17.3 Å². The van der Waals surface area contributed by atoms with Crippen LogP contribution in [0.1, 0.15) is 18.9 Å². The highest BCUT2D eigenvalue weighted by atomic mass is 19.1. The largest absolute Gasteiger partial charge is 0.480 e. The van der Waals surface area contributed by atoms with Gasteiger partial charge in [0.15, 0.2) is 0 Å². The maximum absolute atomic E-state index is 13.6. The lowest BCUT2D eigenvalue weighted by Crippen LogP contribution is -2.00. The van der Waals surface area contributed by atoms with Gasteiger partial charge in [-0.25, -0.2) is 19.3 Å². The molecule has 1 aromatic carbocycles. The van der Waals surface area contributed by atoms with Crippen LogP contribution in [0.4, 0.5) is 4.39 Å². The molecule has 106 valence electrons. The van der Waals surface area contributed by atoms with E-state index in [1.165, 1.54) is 18.5 Å². The van der Waals surface area contributed by atoms with Crippen molar-refractivity contribution in [2.24, 2.45) is 0 Å². The molecule has 0 atom stereocenters. The van der Waals surface area contributed by atoms with Gasteiger partial charge in [-0.2, -0.15) is 0 Å². The summed E-state index contributed by atoms with van der Waals surface area (Å²) in [6.45, 7) is 0. The molecule has 0 radical (unpaired) electrons. The lowest BCUT2D eigenvalue weighted by atomic mass is 10.3. The standard InChI is InChI=1S/C15H13FN4O/c1-21-15-11(7-17-8-18-15)14-19-12-5-2-9(16)6-13(12)20(14)10-3-4-10/h2,5-8,10H,3-4H2,1H3. The number of halogens is 1. The number of benzene rings is 1. The van der Waals surface area contributed by atoms with Crippen LogP contribution in [0.5, 0.6) is 5.88 Å². The molecular weight excluding hydrogens is 271 g/mol. The lowest BCUT2D eigenvalue weighted by molar-refractivity contribution is 0.398. The van der Waals surface area contributed by atoms with E-state index in [4.69, 9.17) is 4.74 Å². The summed E-state index contributed by atoms with van der Waals surface area (Å²) in [5, 5.41) is 0. The summed E-state index contributed by atoms with van der Waals surface area (Å²) in [7, 11) is 1.57. The molecule has 0 aliphatic heterocycles. The van der Waals surface area contributed by atoms with E-state index in [0.717, 1.165) is 35.3 Å². The zero-order valence-electron chi connectivity index (χ0n) is 11.5. The number of nitrogens with zero attached hydrogens (tertiary/aromatic N) is 4. The van der Waals surface area contributed by atoms with E-state index in [1.807, 2.05) is 0 Å². The van der Waals surface area contributed by atoms with Gasteiger partial charge < -0.3 is 9.30 Å². The van der Waals surface area contributed by atoms with E-state index in [9.17, 15) is 4.39 Å². The molecule has 2 aromatic heterocycles. The smallest absolute Gasteiger partial charge is 0.227 e. The van der Waals surface area contributed by atoms with Crippen LogP contribution in [0.3, 0.4) is 0 Å². The molecule has 21 heavy (non-hydrogen) atoms. The lowest BCUT2D eigenvalue weighted by Gasteiger charge is -2.09. The molecule has 0 amide bonds. The normalized spacial score (nSPS) is 14.6. The fourth-order valence-corrected chi connectivity index (χ4v) is 2.59. The minimum absolute atomic E-state index is 0.257. The topological polar surface area (TPSA) is 52.8 Å². The molecule has 0 bridgehead atoms. The van der Waals surface area contributed by atoms with Crippen molar-refractivity contribution in [3.05, 3.63) is 36.5 Å². The quantitative estimate of drug-likeness (QED) is 0.742. The van der Waals surface area contributed by atoms with Crippen molar-refractivity contribution in [1.82, 2.24) is 19.5 Å². The third-order valence-corrected chi connectivity index (χ3v) is 3.67. The number of ether oxygens (including phenoxy) is 1. The van der Waals surface area contributed by atoms with E-state index in [2.05, 4.69) is 19.5 Å². The summed E-state index contributed by atoms with van der Waals surface area (Å²) in [4.78, 5) is 12.8. The van der Waals surface area contributed by atoms with Crippen LogP contribution in [0.2, 0.25) is 0 Å². The molecule has 4 rings (SSSR count). The molecule has 0 N–H and O–H groups in total. The van der Waals surface area contributed by atoms with Crippen molar-refractivity contribution < 1.29 is 9.13 Å². The van der Waals surface area contributed by atoms with Gasteiger partial charge in [0.05, 0.1) is 23.7 Å². The van der Waals surface area contributed by atoms with Crippen LogP contribution in [-0.4, -0.2) is 26.6 Å². The molecule has 0 unspecified atom stereocenters. The van der Waals surface area contributed by atoms with Gasteiger partial charge in [-0.1, -0.05) is 0 Å². The first-order chi connectivity index (χ1) is 10.3. The van der Waals surface area contributed by atoms with Gasteiger partial charge in [-0.3, -0.25) is 0 Å². The summed E-state index contributed by atoms with van der Waals surface area (Å²) in [6, 6.07) is 5.01. The Labute approximate surface area is 120 Å². The highest BCUT2D eigenvalue weighted by Gasteiger charge is 2.30. The van der Waals surface area contributed by atoms with Gasteiger partial charge in [0.1, 0.15) is 18.0 Å². The minimum atomic E-state index is -0.257.